The van der Waals surface area contributed by atoms with Crippen molar-refractivity contribution < 1.29 is 9.13 Å². The van der Waals surface area contributed by atoms with E-state index >= 15 is 0 Å². The molecule has 0 fully saturated rings. The van der Waals surface area contributed by atoms with Gasteiger partial charge in [0.15, 0.2) is 0 Å². The smallest absolute Gasteiger partial charge is 0.347 e. The lowest BCUT2D eigenvalue weighted by Crippen LogP contribution is -2.12. The van der Waals surface area contributed by atoms with E-state index in [1.54, 1.807) is 6.92 Å². The van der Waals surface area contributed by atoms with Gasteiger partial charge < -0.3 is 4.74 Å². The van der Waals surface area contributed by atoms with Crippen LogP contribution in [-0.4, -0.2) is 16.6 Å². The van der Waals surface area contributed by atoms with Crippen LogP contribution in [0.2, 0.25) is 0 Å². The number of hydrogen-bond donors (Lipinski definition) is 1. The number of H-pyrrole nitrogens is 1. The van der Waals surface area contributed by atoms with E-state index in [4.69, 9.17) is 4.74 Å². The first-order valence-corrected chi connectivity index (χ1v) is 3.11. The Morgan fingerprint density at radius 2 is 2.55 bits per heavy atom. The Labute approximate surface area is 62.0 Å². The van der Waals surface area contributed by atoms with Crippen molar-refractivity contribution in [2.75, 3.05) is 6.61 Å². The Morgan fingerprint density at radius 3 is 3.18 bits per heavy atom. The fraction of sp³-hybridized carbons (Fsp3) is 0.333. The lowest BCUT2D eigenvalue weighted by molar-refractivity contribution is 0.304. The van der Waals surface area contributed by atoms with Gasteiger partial charge in [-0.2, -0.15) is 9.37 Å². The zero-order valence-corrected chi connectivity index (χ0v) is 5.93. The van der Waals surface area contributed by atoms with Gasteiger partial charge in [-0.1, -0.05) is 0 Å². The molecule has 5 heteroatoms. The van der Waals surface area contributed by atoms with Crippen molar-refractivity contribution in [3.8, 4) is 5.88 Å². The van der Waals surface area contributed by atoms with Crippen molar-refractivity contribution in [3.63, 3.8) is 0 Å². The topological polar surface area (TPSA) is 55.0 Å². The molecule has 1 heterocycles. The maximum absolute atomic E-state index is 12.6. The van der Waals surface area contributed by atoms with E-state index < -0.39 is 11.5 Å². The predicted octanol–water partition coefficient (Wildman–Crippen LogP) is 0.308. The van der Waals surface area contributed by atoms with Crippen LogP contribution in [-0.2, 0) is 0 Å². The molecule has 0 aliphatic heterocycles. The zero-order valence-electron chi connectivity index (χ0n) is 5.93. The summed E-state index contributed by atoms with van der Waals surface area (Å²) < 4.78 is 17.3. The first-order valence-electron chi connectivity index (χ1n) is 3.11. The molecule has 0 spiro atoms. The highest BCUT2D eigenvalue weighted by atomic mass is 19.1. The van der Waals surface area contributed by atoms with Gasteiger partial charge in [0.05, 0.1) is 12.8 Å². The Bertz CT molecular complexity index is 297. The van der Waals surface area contributed by atoms with Gasteiger partial charge >= 0.3 is 5.69 Å². The first-order chi connectivity index (χ1) is 5.24. The number of nitrogens with zero attached hydrogens (tertiary/aromatic N) is 1. The number of nitrogens with one attached hydrogen (secondary N) is 1. The van der Waals surface area contributed by atoms with Crippen molar-refractivity contribution in [1.29, 1.82) is 0 Å². The lowest BCUT2D eigenvalue weighted by atomic mass is 10.6. The number of hydrogen-bond acceptors (Lipinski definition) is 3. The third-order valence-corrected chi connectivity index (χ3v) is 1.02. The molecule has 0 saturated carbocycles. The SMILES string of the molecule is CCOc1[nH]c(=O)ncc1F. The second-order valence-corrected chi connectivity index (χ2v) is 1.80. The second-order valence-electron chi connectivity index (χ2n) is 1.80. The van der Waals surface area contributed by atoms with Crippen LogP contribution in [0.5, 0.6) is 5.88 Å². The third kappa shape index (κ3) is 1.76. The van der Waals surface area contributed by atoms with Crippen LogP contribution in [0, 0.1) is 5.82 Å². The summed E-state index contributed by atoms with van der Waals surface area (Å²) in [5.74, 6) is -0.820. The quantitative estimate of drug-likeness (QED) is 0.673. The maximum atomic E-state index is 12.6. The normalized spacial score (nSPS) is 9.64. The molecular formula is C6H7FN2O2. The van der Waals surface area contributed by atoms with Crippen LogP contribution in [0.1, 0.15) is 6.92 Å². The number of ether oxygens (including phenoxy) is 1. The summed E-state index contributed by atoms with van der Waals surface area (Å²) in [5, 5.41) is 0. The van der Waals surface area contributed by atoms with Gasteiger partial charge in [0, 0.05) is 0 Å². The molecule has 1 aromatic heterocycles. The molecule has 0 radical (unpaired) electrons. The lowest BCUT2D eigenvalue weighted by Gasteiger charge is -2.00. The van der Waals surface area contributed by atoms with Crippen LogP contribution >= 0.6 is 0 Å². The van der Waals surface area contributed by atoms with Gasteiger partial charge in [-0.3, -0.25) is 4.98 Å². The summed E-state index contributed by atoms with van der Waals surface area (Å²) in [7, 11) is 0. The molecule has 1 aromatic rings. The standard InChI is InChI=1S/C6H7FN2O2/c1-2-11-5-4(7)3-8-6(10)9-5/h3H,2H2,1H3,(H,8,9,10). The van der Waals surface area contributed by atoms with E-state index in [0.717, 1.165) is 6.20 Å². The Hall–Kier alpha value is -1.39. The maximum Gasteiger partial charge on any atom is 0.347 e. The fourth-order valence-electron chi connectivity index (χ4n) is 0.612. The number of aromatic nitrogens is 2. The van der Waals surface area contributed by atoms with E-state index in [-0.39, 0.29) is 5.88 Å². The fourth-order valence-corrected chi connectivity index (χ4v) is 0.612. The van der Waals surface area contributed by atoms with Gasteiger partial charge in [0.1, 0.15) is 0 Å². The van der Waals surface area contributed by atoms with E-state index in [1.165, 1.54) is 0 Å². The third-order valence-electron chi connectivity index (χ3n) is 1.02. The summed E-state index contributed by atoms with van der Waals surface area (Å²) in [6.07, 6.45) is 0.823. The number of aromatic amines is 1. The molecule has 1 rings (SSSR count). The summed E-state index contributed by atoms with van der Waals surface area (Å²) >= 11 is 0. The van der Waals surface area contributed by atoms with Gasteiger partial charge in [0.2, 0.25) is 11.7 Å². The van der Waals surface area contributed by atoms with Gasteiger partial charge in [-0.05, 0) is 6.92 Å². The van der Waals surface area contributed by atoms with E-state index in [0.29, 0.717) is 6.61 Å². The Morgan fingerprint density at radius 1 is 1.82 bits per heavy atom. The molecule has 0 aliphatic rings. The highest BCUT2D eigenvalue weighted by Gasteiger charge is 2.02. The predicted molar refractivity (Wildman–Crippen MR) is 36.0 cm³/mol. The molecule has 0 amide bonds. The van der Waals surface area contributed by atoms with Crippen LogP contribution in [0.3, 0.4) is 0 Å². The molecule has 60 valence electrons. The molecule has 4 nitrogen and oxygen atoms in total. The Balaban J connectivity index is 3.02. The summed E-state index contributed by atoms with van der Waals surface area (Å²) in [6.45, 7) is 2.00. The summed E-state index contributed by atoms with van der Waals surface area (Å²) in [4.78, 5) is 15.8. The molecule has 0 bridgehead atoms. The summed E-state index contributed by atoms with van der Waals surface area (Å²) in [6, 6.07) is 0. The van der Waals surface area contributed by atoms with Crippen LogP contribution in [0.25, 0.3) is 0 Å². The average Bonchev–Trinajstić information content (AvgIpc) is 1.98. The second kappa shape index (κ2) is 3.14. The zero-order chi connectivity index (χ0) is 8.27. The largest absolute Gasteiger partial charge is 0.477 e. The van der Waals surface area contributed by atoms with E-state index in [2.05, 4.69) is 9.97 Å². The molecule has 0 unspecified atom stereocenters. The van der Waals surface area contributed by atoms with Crippen molar-refractivity contribution >= 4 is 0 Å². The van der Waals surface area contributed by atoms with Crippen molar-refractivity contribution in [2.45, 2.75) is 6.92 Å². The highest BCUT2D eigenvalue weighted by Crippen LogP contribution is 2.07. The number of rotatable bonds is 2. The van der Waals surface area contributed by atoms with Crippen molar-refractivity contribution in [3.05, 3.63) is 22.5 Å². The van der Waals surface area contributed by atoms with Crippen molar-refractivity contribution in [1.82, 2.24) is 9.97 Å². The first kappa shape index (κ1) is 7.71. The van der Waals surface area contributed by atoms with Gasteiger partial charge in [0.25, 0.3) is 0 Å². The van der Waals surface area contributed by atoms with Crippen molar-refractivity contribution in [2.24, 2.45) is 0 Å². The molecule has 0 aromatic carbocycles. The molecule has 0 aliphatic carbocycles. The minimum atomic E-state index is -0.661. The molecule has 1 N–H and O–H groups in total. The molecule has 0 saturated heterocycles. The van der Waals surface area contributed by atoms with E-state index in [1.807, 2.05) is 0 Å². The van der Waals surface area contributed by atoms with Gasteiger partial charge in [-0.15, -0.1) is 0 Å². The minimum Gasteiger partial charge on any atom is -0.477 e. The monoisotopic (exact) mass is 158 g/mol. The average molecular weight is 158 g/mol. The molecule has 11 heavy (non-hydrogen) atoms. The van der Waals surface area contributed by atoms with E-state index in [9.17, 15) is 9.18 Å². The number of halogens is 1. The highest BCUT2D eigenvalue weighted by molar-refractivity contribution is 5.08. The molecular weight excluding hydrogens is 151 g/mol. The Kier molecular flexibility index (Phi) is 2.20. The van der Waals surface area contributed by atoms with Gasteiger partial charge in [-0.25, -0.2) is 4.79 Å². The molecule has 0 atom stereocenters. The minimum absolute atomic E-state index is 0.160. The van der Waals surface area contributed by atoms with Crippen LogP contribution in [0.4, 0.5) is 4.39 Å². The van der Waals surface area contributed by atoms with Crippen LogP contribution < -0.4 is 10.4 Å². The summed E-state index contributed by atoms with van der Waals surface area (Å²) in [5.41, 5.74) is -0.616. The van der Waals surface area contributed by atoms with Crippen LogP contribution in [0.15, 0.2) is 11.0 Å².